The van der Waals surface area contributed by atoms with Gasteiger partial charge in [0.05, 0.1) is 12.5 Å². The van der Waals surface area contributed by atoms with Gasteiger partial charge in [-0.1, -0.05) is 44.2 Å². The summed E-state index contributed by atoms with van der Waals surface area (Å²) < 4.78 is 0. The van der Waals surface area contributed by atoms with Gasteiger partial charge < -0.3 is 0 Å². The SMILES string of the molecule is CC(C)C(NC1CC(=O)N(C)C1=O)c1ccccc1. The van der Waals surface area contributed by atoms with Crippen molar-refractivity contribution in [2.75, 3.05) is 7.05 Å². The number of nitrogens with zero attached hydrogens (tertiary/aromatic N) is 1. The van der Waals surface area contributed by atoms with Crippen LogP contribution in [-0.4, -0.2) is 29.8 Å². The standard InChI is InChI=1S/C15H20N2O2/c1-10(2)14(11-7-5-4-6-8-11)16-12-9-13(18)17(3)15(12)19/h4-8,10,12,14,16H,9H2,1-3H3. The third kappa shape index (κ3) is 2.84. The van der Waals surface area contributed by atoms with Crippen LogP contribution in [0.4, 0.5) is 0 Å². The molecule has 1 aromatic rings. The Morgan fingerprint density at radius 2 is 1.84 bits per heavy atom. The third-order valence-corrected chi connectivity index (χ3v) is 3.59. The van der Waals surface area contributed by atoms with Crippen LogP contribution < -0.4 is 5.32 Å². The molecule has 0 aromatic heterocycles. The zero-order valence-electron chi connectivity index (χ0n) is 11.6. The van der Waals surface area contributed by atoms with Crippen molar-refractivity contribution in [2.24, 2.45) is 5.92 Å². The number of likely N-dealkylation sites (tertiary alicyclic amines) is 1. The van der Waals surface area contributed by atoms with E-state index in [1.54, 1.807) is 7.05 Å². The van der Waals surface area contributed by atoms with E-state index in [0.717, 1.165) is 5.56 Å². The van der Waals surface area contributed by atoms with Crippen molar-refractivity contribution >= 4 is 11.8 Å². The number of amides is 2. The predicted molar refractivity (Wildman–Crippen MR) is 73.3 cm³/mol. The average Bonchev–Trinajstić information content (AvgIpc) is 2.64. The summed E-state index contributed by atoms with van der Waals surface area (Å²) in [4.78, 5) is 24.7. The largest absolute Gasteiger partial charge is 0.298 e. The van der Waals surface area contributed by atoms with Crippen molar-refractivity contribution in [1.29, 1.82) is 0 Å². The molecule has 0 bridgehead atoms. The topological polar surface area (TPSA) is 49.4 Å². The third-order valence-electron chi connectivity index (χ3n) is 3.59. The van der Waals surface area contributed by atoms with E-state index in [-0.39, 0.29) is 24.3 Å². The van der Waals surface area contributed by atoms with Gasteiger partial charge in [0.15, 0.2) is 0 Å². The molecule has 2 amide bonds. The van der Waals surface area contributed by atoms with Crippen LogP contribution in [0.5, 0.6) is 0 Å². The van der Waals surface area contributed by atoms with Crippen molar-refractivity contribution < 1.29 is 9.59 Å². The van der Waals surface area contributed by atoms with Crippen molar-refractivity contribution in [3.63, 3.8) is 0 Å². The Morgan fingerprint density at radius 3 is 2.32 bits per heavy atom. The highest BCUT2D eigenvalue weighted by Gasteiger charge is 2.37. The number of imide groups is 1. The van der Waals surface area contributed by atoms with Gasteiger partial charge in [0.2, 0.25) is 11.8 Å². The highest BCUT2D eigenvalue weighted by molar-refractivity contribution is 6.05. The lowest BCUT2D eigenvalue weighted by Gasteiger charge is -2.25. The van der Waals surface area contributed by atoms with E-state index >= 15 is 0 Å². The monoisotopic (exact) mass is 260 g/mol. The van der Waals surface area contributed by atoms with Crippen molar-refractivity contribution in [1.82, 2.24) is 10.2 Å². The maximum Gasteiger partial charge on any atom is 0.246 e. The van der Waals surface area contributed by atoms with Crippen molar-refractivity contribution in [2.45, 2.75) is 32.4 Å². The first kappa shape index (κ1) is 13.7. The van der Waals surface area contributed by atoms with Gasteiger partial charge in [-0.3, -0.25) is 19.8 Å². The number of benzene rings is 1. The van der Waals surface area contributed by atoms with E-state index in [2.05, 4.69) is 19.2 Å². The van der Waals surface area contributed by atoms with E-state index in [1.807, 2.05) is 30.3 Å². The molecule has 0 radical (unpaired) electrons. The van der Waals surface area contributed by atoms with Crippen LogP contribution in [-0.2, 0) is 9.59 Å². The van der Waals surface area contributed by atoms with Gasteiger partial charge in [0.25, 0.3) is 0 Å². The van der Waals surface area contributed by atoms with Crippen LogP contribution >= 0.6 is 0 Å². The van der Waals surface area contributed by atoms with Gasteiger partial charge in [-0.05, 0) is 11.5 Å². The molecule has 2 unspecified atom stereocenters. The van der Waals surface area contributed by atoms with Crippen molar-refractivity contribution in [3.8, 4) is 0 Å². The van der Waals surface area contributed by atoms with Crippen LogP contribution in [0.2, 0.25) is 0 Å². The summed E-state index contributed by atoms with van der Waals surface area (Å²) in [6, 6.07) is 9.71. The molecule has 102 valence electrons. The minimum Gasteiger partial charge on any atom is -0.298 e. The van der Waals surface area contributed by atoms with Crippen LogP contribution in [0.3, 0.4) is 0 Å². The summed E-state index contributed by atoms with van der Waals surface area (Å²) in [5.74, 6) is 0.0980. The molecule has 1 fully saturated rings. The molecule has 1 heterocycles. The second kappa shape index (κ2) is 5.53. The summed E-state index contributed by atoms with van der Waals surface area (Å²) in [5, 5.41) is 3.33. The molecular weight excluding hydrogens is 240 g/mol. The van der Waals surface area contributed by atoms with E-state index < -0.39 is 6.04 Å². The molecule has 0 spiro atoms. The van der Waals surface area contributed by atoms with Gasteiger partial charge in [-0.25, -0.2) is 0 Å². The molecule has 19 heavy (non-hydrogen) atoms. The van der Waals surface area contributed by atoms with Crippen LogP contribution in [0.15, 0.2) is 30.3 Å². The summed E-state index contributed by atoms with van der Waals surface area (Å²) in [7, 11) is 1.54. The molecule has 1 aromatic carbocycles. The fourth-order valence-corrected chi connectivity index (χ4v) is 2.44. The molecular formula is C15H20N2O2. The number of carbonyl (C=O) groups excluding carboxylic acids is 2. The van der Waals surface area contributed by atoms with Crippen molar-refractivity contribution in [3.05, 3.63) is 35.9 Å². The zero-order valence-corrected chi connectivity index (χ0v) is 11.6. The van der Waals surface area contributed by atoms with E-state index in [1.165, 1.54) is 4.90 Å². The van der Waals surface area contributed by atoms with Crippen LogP contribution in [0, 0.1) is 5.92 Å². The lowest BCUT2D eigenvalue weighted by Crippen LogP contribution is -2.40. The lowest BCUT2D eigenvalue weighted by molar-refractivity contribution is -0.137. The summed E-state index contributed by atoms with van der Waals surface area (Å²) in [5.41, 5.74) is 1.15. The molecule has 1 aliphatic rings. The smallest absolute Gasteiger partial charge is 0.246 e. The number of hydrogen-bond acceptors (Lipinski definition) is 3. The fraction of sp³-hybridized carbons (Fsp3) is 0.467. The fourth-order valence-electron chi connectivity index (χ4n) is 2.44. The van der Waals surface area contributed by atoms with Crippen LogP contribution in [0.25, 0.3) is 0 Å². The molecule has 2 atom stereocenters. The number of likely N-dealkylation sites (N-methyl/N-ethyl adjacent to an activating group) is 1. The second-order valence-electron chi connectivity index (χ2n) is 5.35. The highest BCUT2D eigenvalue weighted by Crippen LogP contribution is 2.24. The quantitative estimate of drug-likeness (QED) is 0.839. The molecule has 2 rings (SSSR count). The van der Waals surface area contributed by atoms with Gasteiger partial charge in [-0.15, -0.1) is 0 Å². The molecule has 0 saturated carbocycles. The maximum absolute atomic E-state index is 11.9. The Bertz CT molecular complexity index is 470. The Morgan fingerprint density at radius 1 is 1.21 bits per heavy atom. The first-order valence-corrected chi connectivity index (χ1v) is 6.62. The maximum atomic E-state index is 11.9. The number of nitrogens with one attached hydrogen (secondary N) is 1. The first-order chi connectivity index (χ1) is 9.00. The average molecular weight is 260 g/mol. The highest BCUT2D eigenvalue weighted by atomic mass is 16.2. The van der Waals surface area contributed by atoms with Crippen LogP contribution in [0.1, 0.15) is 31.9 Å². The minimum absolute atomic E-state index is 0.0782. The molecule has 1 saturated heterocycles. The van der Waals surface area contributed by atoms with Gasteiger partial charge >= 0.3 is 0 Å². The van der Waals surface area contributed by atoms with Gasteiger partial charge in [0, 0.05) is 13.1 Å². The summed E-state index contributed by atoms with van der Waals surface area (Å²) in [6.45, 7) is 4.21. The minimum atomic E-state index is -0.398. The molecule has 0 aliphatic carbocycles. The first-order valence-electron chi connectivity index (χ1n) is 6.62. The van der Waals surface area contributed by atoms with Gasteiger partial charge in [0.1, 0.15) is 0 Å². The lowest BCUT2D eigenvalue weighted by atomic mass is 9.95. The number of hydrogen-bond donors (Lipinski definition) is 1. The number of carbonyl (C=O) groups is 2. The Hall–Kier alpha value is -1.68. The Labute approximate surface area is 113 Å². The number of rotatable bonds is 4. The molecule has 4 heteroatoms. The van der Waals surface area contributed by atoms with E-state index in [0.29, 0.717) is 5.92 Å². The Balaban J connectivity index is 2.15. The Kier molecular flexibility index (Phi) is 4.00. The summed E-state index contributed by atoms with van der Waals surface area (Å²) in [6.07, 6.45) is 0.255. The van der Waals surface area contributed by atoms with E-state index in [9.17, 15) is 9.59 Å². The second-order valence-corrected chi connectivity index (χ2v) is 5.35. The summed E-state index contributed by atoms with van der Waals surface area (Å²) >= 11 is 0. The predicted octanol–water partition coefficient (Wildman–Crippen LogP) is 1.73. The zero-order chi connectivity index (χ0) is 14.0. The molecule has 4 nitrogen and oxygen atoms in total. The van der Waals surface area contributed by atoms with E-state index in [4.69, 9.17) is 0 Å². The molecule has 1 aliphatic heterocycles. The molecule has 1 N–H and O–H groups in total. The van der Waals surface area contributed by atoms with Gasteiger partial charge in [-0.2, -0.15) is 0 Å². The normalized spacial score (nSPS) is 21.3.